The van der Waals surface area contributed by atoms with Crippen molar-refractivity contribution in [3.05, 3.63) is 88.1 Å². The molecule has 5 nitrogen and oxygen atoms in total. The van der Waals surface area contributed by atoms with Gasteiger partial charge in [0, 0.05) is 11.1 Å². The largest absolute Gasteiger partial charge is 0.451 e. The molecular weight excluding hydrogens is 355 g/mol. The predicted molar refractivity (Wildman–Crippen MR) is 95.2 cm³/mol. The Morgan fingerprint density at radius 1 is 1.12 bits per heavy atom. The second kappa shape index (κ2) is 8.35. The van der Waals surface area contributed by atoms with Crippen molar-refractivity contribution in [2.24, 2.45) is 0 Å². The summed E-state index contributed by atoms with van der Waals surface area (Å²) >= 11 is 1.47. The Bertz CT molecular complexity index is 868. The van der Waals surface area contributed by atoms with Crippen molar-refractivity contribution in [3.63, 3.8) is 0 Å². The van der Waals surface area contributed by atoms with Crippen molar-refractivity contribution in [3.8, 4) is 0 Å². The van der Waals surface area contributed by atoms with Crippen molar-refractivity contribution in [1.82, 2.24) is 10.3 Å². The first-order chi connectivity index (χ1) is 12.6. The summed E-state index contributed by atoms with van der Waals surface area (Å²) in [6.07, 6.45) is 1.47. The van der Waals surface area contributed by atoms with Crippen LogP contribution in [0.2, 0.25) is 0 Å². The summed E-state index contributed by atoms with van der Waals surface area (Å²) in [5.41, 5.74) is 0.867. The van der Waals surface area contributed by atoms with E-state index in [1.54, 1.807) is 24.3 Å². The molecule has 1 aromatic carbocycles. The molecule has 132 valence electrons. The SMILES string of the molecule is O=C(COC(=O)c1ccccn1)N[C@H](c1ccc(F)cc1)c1cccs1. The van der Waals surface area contributed by atoms with Gasteiger partial charge in [-0.2, -0.15) is 0 Å². The second-order valence-electron chi connectivity index (χ2n) is 5.36. The van der Waals surface area contributed by atoms with Crippen molar-refractivity contribution < 1.29 is 18.7 Å². The number of nitrogens with zero attached hydrogens (tertiary/aromatic N) is 1. The van der Waals surface area contributed by atoms with Crippen LogP contribution in [0, 0.1) is 5.82 Å². The van der Waals surface area contributed by atoms with Crippen LogP contribution in [0.25, 0.3) is 0 Å². The quantitative estimate of drug-likeness (QED) is 0.676. The van der Waals surface area contributed by atoms with Crippen molar-refractivity contribution in [1.29, 1.82) is 0 Å². The number of rotatable bonds is 6. The molecule has 26 heavy (non-hydrogen) atoms. The van der Waals surface area contributed by atoms with E-state index in [0.717, 1.165) is 10.4 Å². The van der Waals surface area contributed by atoms with Gasteiger partial charge in [0.05, 0.1) is 6.04 Å². The van der Waals surface area contributed by atoms with Gasteiger partial charge in [-0.05, 0) is 41.3 Å². The Labute approximate surface area is 153 Å². The maximum atomic E-state index is 13.2. The van der Waals surface area contributed by atoms with Gasteiger partial charge in [0.2, 0.25) is 0 Å². The van der Waals surface area contributed by atoms with Crippen LogP contribution in [0.4, 0.5) is 4.39 Å². The number of hydrogen-bond donors (Lipinski definition) is 1. The Hall–Kier alpha value is -3.06. The minimum atomic E-state index is -0.671. The molecule has 0 aliphatic carbocycles. The minimum Gasteiger partial charge on any atom is -0.451 e. The first kappa shape index (κ1) is 17.8. The molecule has 0 bridgehead atoms. The lowest BCUT2D eigenvalue weighted by Crippen LogP contribution is -2.32. The zero-order valence-corrected chi connectivity index (χ0v) is 14.4. The van der Waals surface area contributed by atoms with E-state index in [2.05, 4.69) is 10.3 Å². The number of aromatic nitrogens is 1. The van der Waals surface area contributed by atoms with E-state index in [1.807, 2.05) is 17.5 Å². The molecule has 0 saturated heterocycles. The van der Waals surface area contributed by atoms with Gasteiger partial charge >= 0.3 is 5.97 Å². The van der Waals surface area contributed by atoms with E-state index in [4.69, 9.17) is 4.74 Å². The van der Waals surface area contributed by atoms with Crippen molar-refractivity contribution >= 4 is 23.2 Å². The molecule has 2 heterocycles. The van der Waals surface area contributed by atoms with Crippen LogP contribution in [0.1, 0.15) is 27.0 Å². The first-order valence-corrected chi connectivity index (χ1v) is 8.68. The fraction of sp³-hybridized carbons (Fsp3) is 0.105. The fourth-order valence-corrected chi connectivity index (χ4v) is 3.12. The summed E-state index contributed by atoms with van der Waals surface area (Å²) in [4.78, 5) is 28.9. The van der Waals surface area contributed by atoms with Gasteiger partial charge in [0.25, 0.3) is 5.91 Å². The fourth-order valence-electron chi connectivity index (χ4n) is 2.32. The highest BCUT2D eigenvalue weighted by Crippen LogP contribution is 2.26. The second-order valence-corrected chi connectivity index (χ2v) is 6.34. The number of nitrogens with one attached hydrogen (secondary N) is 1. The van der Waals surface area contributed by atoms with Crippen LogP contribution in [-0.4, -0.2) is 23.5 Å². The Morgan fingerprint density at radius 3 is 2.58 bits per heavy atom. The molecule has 1 N–H and O–H groups in total. The number of hydrogen-bond acceptors (Lipinski definition) is 5. The topological polar surface area (TPSA) is 68.3 Å². The summed E-state index contributed by atoms with van der Waals surface area (Å²) in [7, 11) is 0. The number of ether oxygens (including phenoxy) is 1. The van der Waals surface area contributed by atoms with Gasteiger partial charge in [-0.3, -0.25) is 4.79 Å². The molecule has 0 radical (unpaired) electrons. The molecule has 3 rings (SSSR count). The van der Waals surface area contributed by atoms with Crippen LogP contribution < -0.4 is 5.32 Å². The molecule has 1 atom stereocenters. The average Bonchev–Trinajstić information content (AvgIpc) is 3.20. The molecule has 7 heteroatoms. The number of halogens is 1. The summed E-state index contributed by atoms with van der Waals surface area (Å²) in [5.74, 6) is -1.48. The number of benzene rings is 1. The third-order valence-corrected chi connectivity index (χ3v) is 4.48. The monoisotopic (exact) mass is 370 g/mol. The Kier molecular flexibility index (Phi) is 5.70. The van der Waals surface area contributed by atoms with Gasteiger partial charge in [-0.15, -0.1) is 11.3 Å². The van der Waals surface area contributed by atoms with Crippen LogP contribution in [0.5, 0.6) is 0 Å². The van der Waals surface area contributed by atoms with Crippen LogP contribution in [0.3, 0.4) is 0 Å². The summed E-state index contributed by atoms with van der Waals surface area (Å²) in [5, 5.41) is 4.70. The number of pyridine rings is 1. The van der Waals surface area contributed by atoms with Crippen molar-refractivity contribution in [2.75, 3.05) is 6.61 Å². The normalized spacial score (nSPS) is 11.6. The Morgan fingerprint density at radius 2 is 1.92 bits per heavy atom. The van der Waals surface area contributed by atoms with Gasteiger partial charge in [-0.25, -0.2) is 14.2 Å². The maximum Gasteiger partial charge on any atom is 0.357 e. The first-order valence-electron chi connectivity index (χ1n) is 7.80. The molecule has 0 unspecified atom stereocenters. The van der Waals surface area contributed by atoms with Crippen LogP contribution >= 0.6 is 11.3 Å². The smallest absolute Gasteiger partial charge is 0.357 e. The third-order valence-electron chi connectivity index (χ3n) is 3.54. The van der Waals surface area contributed by atoms with E-state index in [-0.39, 0.29) is 11.5 Å². The van der Waals surface area contributed by atoms with Gasteiger partial charge in [0.1, 0.15) is 11.5 Å². The highest BCUT2D eigenvalue weighted by atomic mass is 32.1. The predicted octanol–water partition coefficient (Wildman–Crippen LogP) is 3.34. The van der Waals surface area contributed by atoms with Crippen molar-refractivity contribution in [2.45, 2.75) is 6.04 Å². The zero-order valence-electron chi connectivity index (χ0n) is 13.6. The Balaban J connectivity index is 1.66. The number of carbonyl (C=O) groups is 2. The van der Waals surface area contributed by atoms with E-state index in [9.17, 15) is 14.0 Å². The van der Waals surface area contributed by atoms with E-state index >= 15 is 0 Å². The molecule has 0 aliphatic rings. The minimum absolute atomic E-state index is 0.133. The summed E-state index contributed by atoms with van der Waals surface area (Å²) in [6, 6.07) is 14.0. The van der Waals surface area contributed by atoms with Gasteiger partial charge < -0.3 is 10.1 Å². The van der Waals surface area contributed by atoms with E-state index in [1.165, 1.54) is 35.7 Å². The maximum absolute atomic E-state index is 13.2. The van der Waals surface area contributed by atoms with Crippen LogP contribution in [0.15, 0.2) is 66.2 Å². The highest BCUT2D eigenvalue weighted by molar-refractivity contribution is 7.10. The molecule has 3 aromatic rings. The molecule has 2 aromatic heterocycles. The van der Waals surface area contributed by atoms with E-state index < -0.39 is 24.5 Å². The lowest BCUT2D eigenvalue weighted by molar-refractivity contribution is -0.124. The lowest BCUT2D eigenvalue weighted by atomic mass is 10.1. The number of esters is 1. The van der Waals surface area contributed by atoms with Gasteiger partial charge in [0.15, 0.2) is 6.61 Å². The standard InChI is InChI=1S/C19H15FN2O3S/c20-14-8-6-13(7-9-14)18(16-5-3-11-26-16)22-17(23)12-25-19(24)15-4-1-2-10-21-15/h1-11,18H,12H2,(H,22,23)/t18-/m1/s1. The van der Waals surface area contributed by atoms with E-state index in [0.29, 0.717) is 0 Å². The molecule has 0 spiro atoms. The molecule has 0 fully saturated rings. The third kappa shape index (κ3) is 4.52. The molecule has 1 amide bonds. The molecule has 0 aliphatic heterocycles. The highest BCUT2D eigenvalue weighted by Gasteiger charge is 2.19. The van der Waals surface area contributed by atoms with Gasteiger partial charge in [-0.1, -0.05) is 24.3 Å². The number of amides is 1. The van der Waals surface area contributed by atoms with Crippen LogP contribution in [-0.2, 0) is 9.53 Å². The average molecular weight is 370 g/mol. The zero-order chi connectivity index (χ0) is 18.4. The molecular formula is C19H15FN2O3S. The molecule has 0 saturated carbocycles. The summed E-state index contributed by atoms with van der Waals surface area (Å²) in [6.45, 7) is -0.432. The lowest BCUT2D eigenvalue weighted by Gasteiger charge is -2.18. The number of thiophene rings is 1. The summed E-state index contributed by atoms with van der Waals surface area (Å²) < 4.78 is 18.2. The number of carbonyl (C=O) groups excluding carboxylic acids is 2.